The standard InChI is InChI=1S/C11H19N2O3/c1-6-16-9(14)7-8-10(2,3)13(15)11(4,5)12-8/h7,12H,6H2,1-5H3/b8-7-. The first-order valence-electron chi connectivity index (χ1n) is 5.36. The predicted molar refractivity (Wildman–Crippen MR) is 58.5 cm³/mol. The maximum absolute atomic E-state index is 12.0. The van der Waals surface area contributed by atoms with Crippen molar-refractivity contribution in [1.29, 1.82) is 0 Å². The summed E-state index contributed by atoms with van der Waals surface area (Å²) in [6.45, 7) is 9.15. The molecule has 0 bridgehead atoms. The van der Waals surface area contributed by atoms with Crippen molar-refractivity contribution >= 4 is 5.97 Å². The van der Waals surface area contributed by atoms with Crippen LogP contribution in [0.1, 0.15) is 34.6 Å². The highest BCUT2D eigenvalue weighted by Gasteiger charge is 2.49. The molecule has 0 atom stereocenters. The van der Waals surface area contributed by atoms with Crippen molar-refractivity contribution in [3.05, 3.63) is 11.8 Å². The van der Waals surface area contributed by atoms with Crippen LogP contribution in [0.3, 0.4) is 0 Å². The van der Waals surface area contributed by atoms with Gasteiger partial charge in [0.2, 0.25) is 0 Å². The highest BCUT2D eigenvalue weighted by molar-refractivity contribution is 5.83. The van der Waals surface area contributed by atoms with Crippen molar-refractivity contribution in [3.8, 4) is 0 Å². The van der Waals surface area contributed by atoms with Gasteiger partial charge in [-0.1, -0.05) is 0 Å². The first-order chi connectivity index (χ1) is 7.21. The van der Waals surface area contributed by atoms with Crippen LogP contribution in [-0.4, -0.2) is 28.8 Å². The summed E-state index contributed by atoms with van der Waals surface area (Å²) in [5.74, 6) is -0.427. The number of hydrogen-bond acceptors (Lipinski definition) is 4. The summed E-state index contributed by atoms with van der Waals surface area (Å²) < 4.78 is 4.82. The molecule has 1 aliphatic heterocycles. The number of hydrogen-bond donors (Lipinski definition) is 1. The van der Waals surface area contributed by atoms with Crippen LogP contribution in [0.25, 0.3) is 0 Å². The van der Waals surface area contributed by atoms with E-state index in [1.165, 1.54) is 6.08 Å². The van der Waals surface area contributed by atoms with Crippen molar-refractivity contribution in [2.24, 2.45) is 0 Å². The maximum atomic E-state index is 12.0. The molecule has 0 aliphatic carbocycles. The van der Waals surface area contributed by atoms with E-state index in [0.717, 1.165) is 5.06 Å². The van der Waals surface area contributed by atoms with Gasteiger partial charge in [-0.05, 0) is 34.6 Å². The zero-order valence-electron chi connectivity index (χ0n) is 10.5. The molecule has 0 spiro atoms. The Morgan fingerprint density at radius 1 is 1.44 bits per heavy atom. The van der Waals surface area contributed by atoms with E-state index in [9.17, 15) is 10.0 Å². The first kappa shape index (κ1) is 13.0. The van der Waals surface area contributed by atoms with Crippen LogP contribution < -0.4 is 5.32 Å². The Morgan fingerprint density at radius 2 is 2.00 bits per heavy atom. The SMILES string of the molecule is CCOC(=O)/C=C1\NC(C)(C)N([O])C1(C)C. The van der Waals surface area contributed by atoms with Crippen LogP contribution in [0.2, 0.25) is 0 Å². The lowest BCUT2D eigenvalue weighted by Crippen LogP contribution is -2.47. The lowest BCUT2D eigenvalue weighted by Gasteiger charge is -2.29. The molecule has 1 N–H and O–H groups in total. The van der Waals surface area contributed by atoms with E-state index in [1.54, 1.807) is 34.6 Å². The van der Waals surface area contributed by atoms with Crippen LogP contribution in [0.15, 0.2) is 11.8 Å². The fourth-order valence-electron chi connectivity index (χ4n) is 1.86. The Hall–Kier alpha value is -1.07. The molecule has 1 heterocycles. The quantitative estimate of drug-likeness (QED) is 0.568. The molecule has 5 heteroatoms. The fourth-order valence-corrected chi connectivity index (χ4v) is 1.86. The smallest absolute Gasteiger partial charge is 0.332 e. The van der Waals surface area contributed by atoms with Crippen LogP contribution in [-0.2, 0) is 14.7 Å². The van der Waals surface area contributed by atoms with E-state index >= 15 is 0 Å². The van der Waals surface area contributed by atoms with E-state index in [-0.39, 0.29) is 0 Å². The average Bonchev–Trinajstić information content (AvgIpc) is 2.28. The molecular formula is C11H19N2O3. The molecule has 91 valence electrons. The first-order valence-corrected chi connectivity index (χ1v) is 5.36. The van der Waals surface area contributed by atoms with Gasteiger partial charge in [-0.3, -0.25) is 0 Å². The van der Waals surface area contributed by atoms with Gasteiger partial charge in [-0.15, -0.1) is 10.3 Å². The largest absolute Gasteiger partial charge is 0.463 e. The highest BCUT2D eigenvalue weighted by Crippen LogP contribution is 2.35. The Kier molecular flexibility index (Phi) is 3.30. The number of hydroxylamine groups is 2. The molecule has 0 aromatic rings. The second-order valence-electron chi connectivity index (χ2n) is 4.85. The molecule has 16 heavy (non-hydrogen) atoms. The van der Waals surface area contributed by atoms with Crippen molar-refractivity contribution < 1.29 is 14.7 Å². The van der Waals surface area contributed by atoms with E-state index in [0.29, 0.717) is 12.3 Å². The molecular weight excluding hydrogens is 208 g/mol. The molecule has 5 nitrogen and oxygen atoms in total. The number of ether oxygens (including phenoxy) is 1. The Balaban J connectivity index is 2.95. The lowest BCUT2D eigenvalue weighted by molar-refractivity contribution is -0.243. The van der Waals surface area contributed by atoms with Crippen molar-refractivity contribution in [2.75, 3.05) is 6.61 Å². The van der Waals surface area contributed by atoms with Gasteiger partial charge in [0.25, 0.3) is 0 Å². The normalized spacial score (nSPS) is 25.5. The van der Waals surface area contributed by atoms with Gasteiger partial charge in [-0.25, -0.2) is 4.79 Å². The topological polar surface area (TPSA) is 61.5 Å². The summed E-state index contributed by atoms with van der Waals surface area (Å²) in [6.07, 6.45) is 1.35. The second-order valence-corrected chi connectivity index (χ2v) is 4.85. The van der Waals surface area contributed by atoms with E-state index in [2.05, 4.69) is 5.32 Å². The Labute approximate surface area is 96.0 Å². The third-order valence-corrected chi connectivity index (χ3v) is 2.66. The summed E-state index contributed by atoms with van der Waals surface area (Å²) in [5, 5.41) is 15.9. The molecule has 0 unspecified atom stereocenters. The number of nitrogens with zero attached hydrogens (tertiary/aromatic N) is 1. The van der Waals surface area contributed by atoms with E-state index in [1.807, 2.05) is 0 Å². The summed E-state index contributed by atoms with van der Waals surface area (Å²) in [7, 11) is 0. The molecule has 0 aromatic heterocycles. The number of rotatable bonds is 2. The second kappa shape index (κ2) is 4.07. The number of nitrogens with one attached hydrogen (secondary N) is 1. The lowest BCUT2D eigenvalue weighted by atomic mass is 10.0. The van der Waals surface area contributed by atoms with Crippen LogP contribution in [0, 0.1) is 0 Å². The highest BCUT2D eigenvalue weighted by atomic mass is 16.5. The molecule has 1 radical (unpaired) electrons. The number of esters is 1. The number of carbonyl (C=O) groups excluding carboxylic acids is 1. The minimum absolute atomic E-state index is 0.327. The van der Waals surface area contributed by atoms with Crippen LogP contribution in [0.4, 0.5) is 0 Å². The zero-order valence-corrected chi connectivity index (χ0v) is 10.5. The van der Waals surface area contributed by atoms with Gasteiger partial charge in [0.05, 0.1) is 12.1 Å². The minimum atomic E-state index is -0.740. The van der Waals surface area contributed by atoms with Gasteiger partial charge >= 0.3 is 5.97 Å². The van der Waals surface area contributed by atoms with E-state index < -0.39 is 17.2 Å². The van der Waals surface area contributed by atoms with Crippen molar-refractivity contribution in [3.63, 3.8) is 0 Å². The van der Waals surface area contributed by atoms with Gasteiger partial charge in [0.15, 0.2) is 0 Å². The molecule has 1 saturated heterocycles. The maximum Gasteiger partial charge on any atom is 0.332 e. The Bertz CT molecular complexity index is 321. The summed E-state index contributed by atoms with van der Waals surface area (Å²) in [5.41, 5.74) is -0.857. The van der Waals surface area contributed by atoms with Gasteiger partial charge in [0.1, 0.15) is 5.66 Å². The predicted octanol–water partition coefficient (Wildman–Crippen LogP) is 1.20. The van der Waals surface area contributed by atoms with Crippen molar-refractivity contribution in [1.82, 2.24) is 10.4 Å². The van der Waals surface area contributed by atoms with E-state index in [4.69, 9.17) is 4.74 Å². The summed E-state index contributed by atoms with van der Waals surface area (Å²) >= 11 is 0. The zero-order chi connectivity index (χ0) is 12.6. The third-order valence-electron chi connectivity index (χ3n) is 2.66. The van der Waals surface area contributed by atoms with Gasteiger partial charge in [-0.2, -0.15) is 0 Å². The Morgan fingerprint density at radius 3 is 2.38 bits per heavy atom. The summed E-state index contributed by atoms with van der Waals surface area (Å²) in [4.78, 5) is 11.3. The van der Waals surface area contributed by atoms with Gasteiger partial charge < -0.3 is 10.1 Å². The number of carbonyl (C=O) groups is 1. The minimum Gasteiger partial charge on any atom is -0.463 e. The van der Waals surface area contributed by atoms with Crippen molar-refractivity contribution in [2.45, 2.75) is 45.8 Å². The molecule has 0 aromatic carbocycles. The van der Waals surface area contributed by atoms with Crippen LogP contribution in [0.5, 0.6) is 0 Å². The van der Waals surface area contributed by atoms with Gasteiger partial charge in [0, 0.05) is 11.8 Å². The molecule has 0 amide bonds. The monoisotopic (exact) mass is 227 g/mol. The molecule has 1 fully saturated rings. The molecule has 1 aliphatic rings. The third kappa shape index (κ3) is 2.20. The molecule has 0 saturated carbocycles. The fraction of sp³-hybridized carbons (Fsp3) is 0.727. The van der Waals surface area contributed by atoms with Crippen LogP contribution >= 0.6 is 0 Å². The molecule has 1 rings (SSSR count). The average molecular weight is 227 g/mol. The summed E-state index contributed by atoms with van der Waals surface area (Å²) in [6, 6.07) is 0.